The fourth-order valence-corrected chi connectivity index (χ4v) is 2.58. The Morgan fingerprint density at radius 2 is 1.82 bits per heavy atom. The number of carboxylic acid groups (broad SMARTS) is 1. The number of ether oxygens (including phenoxy) is 2. The first kappa shape index (κ1) is 18.3. The molecule has 2 unspecified atom stereocenters. The SMILES string of the molecule is COc1cc(CCCC(C)CC(C)(N)C(=O)O)cc(OC)c1. The van der Waals surface area contributed by atoms with Gasteiger partial charge in [-0.05, 0) is 49.8 Å². The van der Waals surface area contributed by atoms with Crippen molar-refractivity contribution in [2.75, 3.05) is 14.2 Å². The third-order valence-electron chi connectivity index (χ3n) is 3.83. The van der Waals surface area contributed by atoms with Gasteiger partial charge in [-0.15, -0.1) is 0 Å². The number of nitrogens with two attached hydrogens (primary N) is 1. The molecule has 0 amide bonds. The van der Waals surface area contributed by atoms with Gasteiger partial charge in [-0.3, -0.25) is 4.79 Å². The summed E-state index contributed by atoms with van der Waals surface area (Å²) in [5.41, 5.74) is 5.78. The Morgan fingerprint density at radius 3 is 2.27 bits per heavy atom. The highest BCUT2D eigenvalue weighted by atomic mass is 16.5. The van der Waals surface area contributed by atoms with E-state index >= 15 is 0 Å². The molecule has 124 valence electrons. The maximum absolute atomic E-state index is 11.0. The van der Waals surface area contributed by atoms with Crippen molar-refractivity contribution in [3.05, 3.63) is 23.8 Å². The maximum Gasteiger partial charge on any atom is 0.323 e. The zero-order chi connectivity index (χ0) is 16.8. The number of rotatable bonds is 9. The molecule has 0 bridgehead atoms. The van der Waals surface area contributed by atoms with Crippen LogP contribution in [0.3, 0.4) is 0 Å². The van der Waals surface area contributed by atoms with E-state index in [9.17, 15) is 4.79 Å². The average molecular weight is 309 g/mol. The minimum absolute atomic E-state index is 0.263. The molecule has 0 aliphatic carbocycles. The molecule has 0 radical (unpaired) electrons. The number of benzene rings is 1. The van der Waals surface area contributed by atoms with Crippen LogP contribution in [0.4, 0.5) is 0 Å². The van der Waals surface area contributed by atoms with Gasteiger partial charge in [0, 0.05) is 6.07 Å². The highest BCUT2D eigenvalue weighted by molar-refractivity contribution is 5.77. The molecule has 1 aromatic rings. The standard InChI is InChI=1S/C17H27NO4/c1-12(11-17(2,18)16(19)20)6-5-7-13-8-14(21-3)10-15(9-13)22-4/h8-10,12H,5-7,11,18H2,1-4H3,(H,19,20). The van der Waals surface area contributed by atoms with E-state index < -0.39 is 11.5 Å². The van der Waals surface area contributed by atoms with Crippen molar-refractivity contribution in [1.29, 1.82) is 0 Å². The molecule has 0 aromatic heterocycles. The lowest BCUT2D eigenvalue weighted by molar-refractivity contribution is -0.143. The van der Waals surface area contributed by atoms with E-state index in [4.69, 9.17) is 20.3 Å². The molecule has 0 spiro atoms. The van der Waals surface area contributed by atoms with Crippen molar-refractivity contribution in [1.82, 2.24) is 0 Å². The van der Waals surface area contributed by atoms with Crippen LogP contribution in [-0.2, 0) is 11.2 Å². The number of aryl methyl sites for hydroxylation is 1. The number of aliphatic carboxylic acids is 1. The van der Waals surface area contributed by atoms with Gasteiger partial charge in [-0.2, -0.15) is 0 Å². The van der Waals surface area contributed by atoms with Crippen LogP contribution < -0.4 is 15.2 Å². The van der Waals surface area contributed by atoms with Crippen LogP contribution in [0.15, 0.2) is 18.2 Å². The number of carbonyl (C=O) groups is 1. The molecule has 5 nitrogen and oxygen atoms in total. The topological polar surface area (TPSA) is 81.8 Å². The molecule has 0 aliphatic rings. The smallest absolute Gasteiger partial charge is 0.323 e. The van der Waals surface area contributed by atoms with Crippen LogP contribution in [0.1, 0.15) is 38.7 Å². The zero-order valence-corrected chi connectivity index (χ0v) is 13.9. The molecule has 2 atom stereocenters. The van der Waals surface area contributed by atoms with Gasteiger partial charge in [0.25, 0.3) is 0 Å². The largest absolute Gasteiger partial charge is 0.497 e. The molecule has 0 saturated carbocycles. The highest BCUT2D eigenvalue weighted by Crippen LogP contribution is 2.25. The highest BCUT2D eigenvalue weighted by Gasteiger charge is 2.29. The monoisotopic (exact) mass is 309 g/mol. The lowest BCUT2D eigenvalue weighted by Crippen LogP contribution is -2.46. The van der Waals surface area contributed by atoms with Crippen LogP contribution in [0.5, 0.6) is 11.5 Å². The summed E-state index contributed by atoms with van der Waals surface area (Å²) in [5.74, 6) is 0.876. The maximum atomic E-state index is 11.0. The molecular formula is C17H27NO4. The number of methoxy groups -OCH3 is 2. The van der Waals surface area contributed by atoms with E-state index in [1.807, 2.05) is 25.1 Å². The van der Waals surface area contributed by atoms with Crippen molar-refractivity contribution in [2.24, 2.45) is 11.7 Å². The predicted octanol–water partition coefficient (Wildman–Crippen LogP) is 2.85. The van der Waals surface area contributed by atoms with E-state index in [2.05, 4.69) is 0 Å². The Hall–Kier alpha value is -1.75. The summed E-state index contributed by atoms with van der Waals surface area (Å²) in [6.45, 7) is 3.61. The van der Waals surface area contributed by atoms with Crippen molar-refractivity contribution in [2.45, 2.75) is 45.1 Å². The summed E-state index contributed by atoms with van der Waals surface area (Å²) in [5, 5.41) is 9.06. The van der Waals surface area contributed by atoms with Crippen LogP contribution >= 0.6 is 0 Å². The quantitative estimate of drug-likeness (QED) is 0.733. The summed E-state index contributed by atoms with van der Waals surface area (Å²) in [6, 6.07) is 5.84. The van der Waals surface area contributed by atoms with E-state index in [-0.39, 0.29) is 5.92 Å². The van der Waals surface area contributed by atoms with Gasteiger partial charge in [0.05, 0.1) is 14.2 Å². The molecule has 1 rings (SSSR count). The number of hydrogen-bond acceptors (Lipinski definition) is 4. The first-order valence-corrected chi connectivity index (χ1v) is 7.52. The number of carboxylic acids is 1. The summed E-state index contributed by atoms with van der Waals surface area (Å²) in [7, 11) is 3.27. The summed E-state index contributed by atoms with van der Waals surface area (Å²) in [4.78, 5) is 11.0. The Labute approximate surface area is 132 Å². The summed E-state index contributed by atoms with van der Waals surface area (Å²) < 4.78 is 10.5. The zero-order valence-electron chi connectivity index (χ0n) is 13.9. The van der Waals surface area contributed by atoms with E-state index in [1.54, 1.807) is 21.1 Å². The third-order valence-corrected chi connectivity index (χ3v) is 3.83. The van der Waals surface area contributed by atoms with E-state index in [0.29, 0.717) is 6.42 Å². The van der Waals surface area contributed by atoms with E-state index in [0.717, 1.165) is 36.3 Å². The lowest BCUT2D eigenvalue weighted by atomic mass is 9.87. The van der Waals surface area contributed by atoms with Crippen molar-refractivity contribution < 1.29 is 19.4 Å². The van der Waals surface area contributed by atoms with Crippen LogP contribution in [-0.4, -0.2) is 30.8 Å². The number of hydrogen-bond donors (Lipinski definition) is 2. The Balaban J connectivity index is 2.52. The molecule has 0 saturated heterocycles. The molecule has 0 heterocycles. The molecule has 3 N–H and O–H groups in total. The van der Waals surface area contributed by atoms with Crippen molar-refractivity contribution in [3.8, 4) is 11.5 Å². The van der Waals surface area contributed by atoms with Crippen molar-refractivity contribution >= 4 is 5.97 Å². The van der Waals surface area contributed by atoms with Crippen LogP contribution in [0.25, 0.3) is 0 Å². The lowest BCUT2D eigenvalue weighted by Gasteiger charge is -2.23. The predicted molar refractivity (Wildman–Crippen MR) is 86.5 cm³/mol. The van der Waals surface area contributed by atoms with Gasteiger partial charge in [0.1, 0.15) is 17.0 Å². The molecule has 0 aliphatic heterocycles. The van der Waals surface area contributed by atoms with Crippen molar-refractivity contribution in [3.63, 3.8) is 0 Å². The van der Waals surface area contributed by atoms with Gasteiger partial charge in [0.2, 0.25) is 0 Å². The minimum Gasteiger partial charge on any atom is -0.497 e. The molecule has 1 aromatic carbocycles. The third kappa shape index (κ3) is 5.56. The molecule has 22 heavy (non-hydrogen) atoms. The van der Waals surface area contributed by atoms with Gasteiger partial charge in [-0.1, -0.05) is 13.3 Å². The normalized spacial score (nSPS) is 15.0. The first-order chi connectivity index (χ1) is 10.3. The Morgan fingerprint density at radius 1 is 1.27 bits per heavy atom. The molecule has 5 heteroatoms. The van der Waals surface area contributed by atoms with Crippen LogP contribution in [0, 0.1) is 5.92 Å². The van der Waals surface area contributed by atoms with Gasteiger partial charge < -0.3 is 20.3 Å². The first-order valence-electron chi connectivity index (χ1n) is 7.52. The minimum atomic E-state index is -1.15. The molecular weight excluding hydrogens is 282 g/mol. The second-order valence-electron chi connectivity index (χ2n) is 6.15. The second-order valence-corrected chi connectivity index (χ2v) is 6.15. The molecule has 0 fully saturated rings. The fourth-order valence-electron chi connectivity index (χ4n) is 2.58. The second kappa shape index (κ2) is 8.03. The Bertz CT molecular complexity index is 477. The van der Waals surface area contributed by atoms with E-state index in [1.165, 1.54) is 0 Å². The van der Waals surface area contributed by atoms with Gasteiger partial charge in [0.15, 0.2) is 0 Å². The Kier molecular flexibility index (Phi) is 6.68. The summed E-state index contributed by atoms with van der Waals surface area (Å²) >= 11 is 0. The van der Waals surface area contributed by atoms with Gasteiger partial charge >= 0.3 is 5.97 Å². The fraction of sp³-hybridized carbons (Fsp3) is 0.588. The summed E-state index contributed by atoms with van der Waals surface area (Å²) in [6.07, 6.45) is 3.27. The average Bonchev–Trinajstić information content (AvgIpc) is 2.46. The van der Waals surface area contributed by atoms with Crippen LogP contribution in [0.2, 0.25) is 0 Å². The van der Waals surface area contributed by atoms with Gasteiger partial charge in [-0.25, -0.2) is 0 Å².